The van der Waals surface area contributed by atoms with Crippen LogP contribution in [0.15, 0.2) is 18.2 Å². The van der Waals surface area contributed by atoms with Crippen molar-refractivity contribution in [1.29, 1.82) is 0 Å². The molecule has 1 aliphatic rings. The van der Waals surface area contributed by atoms with Gasteiger partial charge in [-0.3, -0.25) is 4.79 Å². The molecule has 86 valence electrons. The normalized spacial score (nSPS) is 12.9. The molecule has 0 saturated heterocycles. The van der Waals surface area contributed by atoms with Gasteiger partial charge in [-0.1, -0.05) is 0 Å². The number of ether oxygens (including phenoxy) is 1. The van der Waals surface area contributed by atoms with E-state index in [0.29, 0.717) is 12.3 Å². The second-order valence-corrected chi connectivity index (χ2v) is 3.61. The number of fused-ring (bicyclic) bond motifs is 1. The number of carbonyl (C=O) groups is 1. The Balaban J connectivity index is 1.80. The Morgan fingerprint density at radius 1 is 1.47 bits per heavy atom. The van der Waals surface area contributed by atoms with Gasteiger partial charge in [0.1, 0.15) is 5.75 Å². The lowest BCUT2D eigenvalue weighted by Gasteiger charge is -2.04. The maximum Gasteiger partial charge on any atom is 0.297 e. The van der Waals surface area contributed by atoms with Crippen LogP contribution >= 0.6 is 0 Å². The summed E-state index contributed by atoms with van der Waals surface area (Å²) in [6, 6.07) is 5.51. The number of tetrazole rings is 1. The lowest BCUT2D eigenvalue weighted by atomic mass is 10.1. The fourth-order valence-electron chi connectivity index (χ4n) is 1.71. The molecular formula is C10H9N5O2. The van der Waals surface area contributed by atoms with E-state index in [9.17, 15) is 4.79 Å². The fraction of sp³-hybridized carbons (Fsp3) is 0.200. The molecule has 3 rings (SSSR count). The second kappa shape index (κ2) is 3.85. The van der Waals surface area contributed by atoms with Gasteiger partial charge >= 0.3 is 0 Å². The molecule has 1 aromatic carbocycles. The van der Waals surface area contributed by atoms with Gasteiger partial charge in [-0.25, -0.2) is 0 Å². The minimum atomic E-state index is -0.391. The average molecular weight is 231 g/mol. The highest BCUT2D eigenvalue weighted by Gasteiger charge is 2.15. The predicted octanol–water partition coefficient (Wildman–Crippen LogP) is 0.387. The van der Waals surface area contributed by atoms with Crippen LogP contribution in [0.1, 0.15) is 16.2 Å². The topological polar surface area (TPSA) is 92.8 Å². The second-order valence-electron chi connectivity index (χ2n) is 3.61. The third kappa shape index (κ3) is 1.82. The third-order valence-electron chi connectivity index (χ3n) is 2.50. The molecule has 0 spiro atoms. The van der Waals surface area contributed by atoms with Crippen molar-refractivity contribution < 1.29 is 9.53 Å². The Morgan fingerprint density at radius 2 is 2.41 bits per heavy atom. The summed E-state index contributed by atoms with van der Waals surface area (Å²) in [5, 5.41) is 15.4. The number of hydrogen-bond acceptors (Lipinski definition) is 5. The first-order valence-corrected chi connectivity index (χ1v) is 5.13. The molecule has 0 aliphatic carbocycles. The molecule has 17 heavy (non-hydrogen) atoms. The van der Waals surface area contributed by atoms with Gasteiger partial charge in [0.2, 0.25) is 0 Å². The molecule has 7 heteroatoms. The molecule has 0 bridgehead atoms. The number of amides is 1. The van der Waals surface area contributed by atoms with Crippen molar-refractivity contribution in [2.45, 2.75) is 6.42 Å². The molecule has 2 aromatic rings. The molecule has 0 fully saturated rings. The first-order chi connectivity index (χ1) is 8.33. The van der Waals surface area contributed by atoms with Crippen LogP contribution in [-0.2, 0) is 6.42 Å². The number of aromatic nitrogens is 4. The zero-order chi connectivity index (χ0) is 11.7. The van der Waals surface area contributed by atoms with Gasteiger partial charge in [-0.2, -0.15) is 5.21 Å². The summed E-state index contributed by atoms with van der Waals surface area (Å²) in [5.74, 6) is 0.502. The maximum absolute atomic E-state index is 11.6. The van der Waals surface area contributed by atoms with E-state index < -0.39 is 5.91 Å². The average Bonchev–Trinajstić information content (AvgIpc) is 2.99. The molecule has 1 aromatic heterocycles. The first-order valence-electron chi connectivity index (χ1n) is 5.13. The highest BCUT2D eigenvalue weighted by atomic mass is 16.5. The molecule has 1 aliphatic heterocycles. The number of benzene rings is 1. The molecule has 0 radical (unpaired) electrons. The van der Waals surface area contributed by atoms with E-state index >= 15 is 0 Å². The monoisotopic (exact) mass is 231 g/mol. The summed E-state index contributed by atoms with van der Waals surface area (Å²) >= 11 is 0. The minimum Gasteiger partial charge on any atom is -0.493 e. The summed E-state index contributed by atoms with van der Waals surface area (Å²) < 4.78 is 5.38. The molecule has 0 unspecified atom stereocenters. The van der Waals surface area contributed by atoms with Crippen LogP contribution in [0.25, 0.3) is 0 Å². The summed E-state index contributed by atoms with van der Waals surface area (Å²) in [4.78, 5) is 11.6. The Kier molecular flexibility index (Phi) is 2.21. The van der Waals surface area contributed by atoms with Gasteiger partial charge in [0.05, 0.1) is 6.61 Å². The number of nitrogens with zero attached hydrogens (tertiary/aromatic N) is 3. The summed E-state index contributed by atoms with van der Waals surface area (Å²) in [6.45, 7) is 0.692. The Labute approximate surface area is 96.2 Å². The largest absolute Gasteiger partial charge is 0.493 e. The third-order valence-corrected chi connectivity index (χ3v) is 2.50. The zero-order valence-corrected chi connectivity index (χ0v) is 8.80. The van der Waals surface area contributed by atoms with E-state index in [-0.39, 0.29) is 5.82 Å². The van der Waals surface area contributed by atoms with E-state index in [1.807, 2.05) is 12.1 Å². The zero-order valence-electron chi connectivity index (χ0n) is 8.80. The van der Waals surface area contributed by atoms with Gasteiger partial charge in [0, 0.05) is 12.1 Å². The van der Waals surface area contributed by atoms with Crippen LogP contribution in [0.4, 0.5) is 5.69 Å². The van der Waals surface area contributed by atoms with Crippen molar-refractivity contribution in [2.24, 2.45) is 0 Å². The first kappa shape index (κ1) is 9.76. The van der Waals surface area contributed by atoms with Crippen LogP contribution in [0.5, 0.6) is 5.75 Å². The van der Waals surface area contributed by atoms with Crippen LogP contribution in [0.3, 0.4) is 0 Å². The van der Waals surface area contributed by atoms with Crippen molar-refractivity contribution in [1.82, 2.24) is 20.6 Å². The standard InChI is InChI=1S/C10H9N5O2/c16-10(9-12-14-15-13-9)11-7-1-2-8-6(5-7)3-4-17-8/h1-2,5H,3-4H2,(H,11,16)(H,12,13,14,15). The number of nitrogens with one attached hydrogen (secondary N) is 2. The van der Waals surface area contributed by atoms with Crippen molar-refractivity contribution >= 4 is 11.6 Å². The summed E-state index contributed by atoms with van der Waals surface area (Å²) in [7, 11) is 0. The Morgan fingerprint density at radius 3 is 3.24 bits per heavy atom. The smallest absolute Gasteiger partial charge is 0.297 e. The fourth-order valence-corrected chi connectivity index (χ4v) is 1.71. The quantitative estimate of drug-likeness (QED) is 0.779. The number of aromatic amines is 1. The molecular weight excluding hydrogens is 222 g/mol. The predicted molar refractivity (Wildman–Crippen MR) is 57.8 cm³/mol. The molecule has 2 N–H and O–H groups in total. The molecule has 0 saturated carbocycles. The molecule has 2 heterocycles. The van der Waals surface area contributed by atoms with E-state index in [0.717, 1.165) is 17.7 Å². The SMILES string of the molecule is O=C(Nc1ccc2c(c1)CCO2)c1nn[nH]n1. The Bertz CT molecular complexity index is 552. The summed E-state index contributed by atoms with van der Waals surface area (Å²) in [6.07, 6.45) is 0.862. The minimum absolute atomic E-state index is 0.0155. The van der Waals surface area contributed by atoms with Crippen molar-refractivity contribution in [3.8, 4) is 5.75 Å². The number of H-pyrrole nitrogens is 1. The number of rotatable bonds is 2. The van der Waals surface area contributed by atoms with E-state index in [1.165, 1.54) is 0 Å². The van der Waals surface area contributed by atoms with Gasteiger partial charge in [0.25, 0.3) is 11.7 Å². The van der Waals surface area contributed by atoms with E-state index in [2.05, 4.69) is 25.9 Å². The number of carbonyl (C=O) groups excluding carboxylic acids is 1. The van der Waals surface area contributed by atoms with Crippen LogP contribution < -0.4 is 10.1 Å². The molecule has 7 nitrogen and oxygen atoms in total. The highest BCUT2D eigenvalue weighted by molar-refractivity contribution is 6.01. The molecule has 1 amide bonds. The van der Waals surface area contributed by atoms with Crippen LogP contribution in [0, 0.1) is 0 Å². The van der Waals surface area contributed by atoms with Crippen LogP contribution in [0.2, 0.25) is 0 Å². The molecule has 0 atom stereocenters. The van der Waals surface area contributed by atoms with Gasteiger partial charge < -0.3 is 10.1 Å². The van der Waals surface area contributed by atoms with Gasteiger partial charge in [-0.05, 0) is 29.0 Å². The van der Waals surface area contributed by atoms with Gasteiger partial charge in [0.15, 0.2) is 0 Å². The lowest BCUT2D eigenvalue weighted by Crippen LogP contribution is -2.13. The number of anilines is 1. The van der Waals surface area contributed by atoms with E-state index in [1.54, 1.807) is 6.07 Å². The van der Waals surface area contributed by atoms with E-state index in [4.69, 9.17) is 4.74 Å². The summed E-state index contributed by atoms with van der Waals surface area (Å²) in [5.41, 5.74) is 1.79. The Hall–Kier alpha value is -2.44. The maximum atomic E-state index is 11.6. The van der Waals surface area contributed by atoms with Crippen molar-refractivity contribution in [2.75, 3.05) is 11.9 Å². The van der Waals surface area contributed by atoms with Crippen LogP contribution in [-0.4, -0.2) is 33.1 Å². The highest BCUT2D eigenvalue weighted by Crippen LogP contribution is 2.27. The van der Waals surface area contributed by atoms with Crippen molar-refractivity contribution in [3.05, 3.63) is 29.6 Å². The van der Waals surface area contributed by atoms with Gasteiger partial charge in [-0.15, -0.1) is 10.2 Å². The van der Waals surface area contributed by atoms with Crippen molar-refractivity contribution in [3.63, 3.8) is 0 Å². The number of hydrogen-bond donors (Lipinski definition) is 2. The lowest BCUT2D eigenvalue weighted by molar-refractivity contribution is 0.101.